The van der Waals surface area contributed by atoms with E-state index in [1.54, 1.807) is 36.7 Å². The summed E-state index contributed by atoms with van der Waals surface area (Å²) >= 11 is 0. The van der Waals surface area contributed by atoms with Crippen LogP contribution in [-0.2, 0) is 0 Å². The first-order chi connectivity index (χ1) is 24.4. The third-order valence-electron chi connectivity index (χ3n) is 9.19. The smallest absolute Gasteiger partial charge is 0.261 e. The lowest BCUT2D eigenvalue weighted by Gasteiger charge is -2.27. The Balaban J connectivity index is 1.03. The number of rotatable bonds is 12. The average Bonchev–Trinajstić information content (AvgIpc) is 3.14. The first-order valence-electron chi connectivity index (χ1n) is 16.9. The molecule has 0 bridgehead atoms. The van der Waals surface area contributed by atoms with Gasteiger partial charge in [0.2, 0.25) is 0 Å². The molecule has 0 saturated carbocycles. The fourth-order valence-electron chi connectivity index (χ4n) is 6.55. The van der Waals surface area contributed by atoms with Gasteiger partial charge in [0.15, 0.2) is 0 Å². The molecule has 5 aromatic rings. The van der Waals surface area contributed by atoms with Gasteiger partial charge >= 0.3 is 0 Å². The molecule has 0 unspecified atom stereocenters. The standard InChI is InChI=1S/C40H36N6O4/c1-3-5-21-45-37(47)29-11-7-9-27-33(19-17-31(35(27)29)39(45)49)43-41-23-25-13-15-26(16-14-25)24-42-44-34-20-18-32-36-28(34)10-8-12-30(36)38(48)46(40(32)50)22-6-4-2/h7-20,23-24,43-44H,3-6,21-22H2,1-2H3/b41-23+,42-24+. The highest BCUT2D eigenvalue weighted by Gasteiger charge is 2.34. The topological polar surface area (TPSA) is 124 Å². The van der Waals surface area contributed by atoms with Gasteiger partial charge in [0.25, 0.3) is 23.6 Å². The lowest BCUT2D eigenvalue weighted by Crippen LogP contribution is -2.40. The van der Waals surface area contributed by atoms with Crippen LogP contribution in [0.15, 0.2) is 95.1 Å². The minimum Gasteiger partial charge on any atom is -0.278 e. The van der Waals surface area contributed by atoms with Gasteiger partial charge in [-0.05, 0) is 60.4 Å². The monoisotopic (exact) mass is 664 g/mol. The first kappa shape index (κ1) is 32.4. The summed E-state index contributed by atoms with van der Waals surface area (Å²) in [6.07, 6.45) is 6.70. The molecule has 250 valence electrons. The first-order valence-corrected chi connectivity index (χ1v) is 16.9. The lowest BCUT2D eigenvalue weighted by molar-refractivity contribution is 0.0593. The minimum absolute atomic E-state index is 0.261. The Hall–Kier alpha value is -6.16. The van der Waals surface area contributed by atoms with E-state index in [4.69, 9.17) is 0 Å². The maximum absolute atomic E-state index is 13.2. The summed E-state index contributed by atoms with van der Waals surface area (Å²) in [7, 11) is 0. The molecule has 7 rings (SSSR count). The van der Waals surface area contributed by atoms with Crippen LogP contribution < -0.4 is 10.9 Å². The van der Waals surface area contributed by atoms with Crippen LogP contribution in [0.4, 0.5) is 11.4 Å². The molecule has 2 aliphatic heterocycles. The van der Waals surface area contributed by atoms with Gasteiger partial charge in [0, 0.05) is 56.9 Å². The zero-order valence-electron chi connectivity index (χ0n) is 27.9. The summed E-state index contributed by atoms with van der Waals surface area (Å²) in [4.78, 5) is 55.3. The van der Waals surface area contributed by atoms with E-state index in [-0.39, 0.29) is 23.6 Å². The van der Waals surface area contributed by atoms with E-state index in [9.17, 15) is 19.2 Å². The second kappa shape index (κ2) is 13.8. The van der Waals surface area contributed by atoms with Crippen molar-refractivity contribution in [2.24, 2.45) is 10.2 Å². The fourth-order valence-corrected chi connectivity index (χ4v) is 6.55. The van der Waals surface area contributed by atoms with Gasteiger partial charge in [-0.3, -0.25) is 39.8 Å². The second-order valence-corrected chi connectivity index (χ2v) is 12.4. The summed E-state index contributed by atoms with van der Waals surface area (Å²) < 4.78 is 0. The van der Waals surface area contributed by atoms with Gasteiger partial charge in [-0.25, -0.2) is 0 Å². The van der Waals surface area contributed by atoms with Crippen molar-refractivity contribution in [3.8, 4) is 0 Å². The predicted octanol–water partition coefficient (Wildman–Crippen LogP) is 7.68. The number of unbranched alkanes of at least 4 members (excludes halogenated alkanes) is 2. The van der Waals surface area contributed by atoms with E-state index in [0.717, 1.165) is 47.6 Å². The molecule has 5 aromatic carbocycles. The molecule has 2 aliphatic rings. The van der Waals surface area contributed by atoms with Crippen molar-refractivity contribution in [2.75, 3.05) is 23.9 Å². The third-order valence-corrected chi connectivity index (χ3v) is 9.19. The number of hydrazone groups is 2. The van der Waals surface area contributed by atoms with E-state index in [1.807, 2.05) is 74.5 Å². The van der Waals surface area contributed by atoms with Crippen molar-refractivity contribution in [2.45, 2.75) is 39.5 Å². The molecular weight excluding hydrogens is 628 g/mol. The number of benzene rings is 5. The molecule has 0 radical (unpaired) electrons. The lowest BCUT2D eigenvalue weighted by atomic mass is 9.93. The SMILES string of the molecule is CCCCN1C(=O)c2cccc3c(N/N=C/c4ccc(/C=N/Nc5ccc6c7c(cccc57)C(=O)N(CCCC)C6=O)cc4)ccc(c23)C1=O. The molecule has 4 amide bonds. The van der Waals surface area contributed by atoms with Gasteiger partial charge in [0.1, 0.15) is 0 Å². The van der Waals surface area contributed by atoms with Crippen LogP contribution in [0.1, 0.15) is 92.1 Å². The van der Waals surface area contributed by atoms with E-state index in [2.05, 4.69) is 21.1 Å². The molecule has 0 aliphatic carbocycles. The highest BCUT2D eigenvalue weighted by atomic mass is 16.2. The summed E-state index contributed by atoms with van der Waals surface area (Å²) in [6, 6.07) is 25.8. The molecule has 2 N–H and O–H groups in total. The van der Waals surface area contributed by atoms with Crippen molar-refractivity contribution in [3.05, 3.63) is 118 Å². The predicted molar refractivity (Wildman–Crippen MR) is 197 cm³/mol. The minimum atomic E-state index is -0.261. The van der Waals surface area contributed by atoms with E-state index in [1.165, 1.54) is 9.80 Å². The summed E-state index contributed by atoms with van der Waals surface area (Å²) in [5.41, 5.74) is 11.4. The van der Waals surface area contributed by atoms with Gasteiger partial charge in [-0.15, -0.1) is 0 Å². The summed E-state index contributed by atoms with van der Waals surface area (Å²) in [5.74, 6) is -1.04. The second-order valence-electron chi connectivity index (χ2n) is 12.4. The molecule has 0 fully saturated rings. The Labute approximate surface area is 289 Å². The zero-order valence-corrected chi connectivity index (χ0v) is 27.9. The molecule has 10 nitrogen and oxygen atoms in total. The number of nitrogens with zero attached hydrogens (tertiary/aromatic N) is 4. The quantitative estimate of drug-likeness (QED) is 0.0801. The highest BCUT2D eigenvalue weighted by Crippen LogP contribution is 2.36. The Morgan fingerprint density at radius 2 is 0.900 bits per heavy atom. The average molecular weight is 665 g/mol. The maximum atomic E-state index is 13.2. The van der Waals surface area contributed by atoms with Crippen molar-refractivity contribution in [1.82, 2.24) is 9.80 Å². The third kappa shape index (κ3) is 5.78. The van der Waals surface area contributed by atoms with Gasteiger partial charge in [-0.1, -0.05) is 75.2 Å². The van der Waals surface area contributed by atoms with Crippen LogP contribution in [-0.4, -0.2) is 58.9 Å². The number of amides is 4. The number of anilines is 2. The molecule has 0 aromatic heterocycles. The van der Waals surface area contributed by atoms with E-state index >= 15 is 0 Å². The number of hydrogen-bond acceptors (Lipinski definition) is 8. The maximum Gasteiger partial charge on any atom is 0.261 e. The molecule has 10 heteroatoms. The van der Waals surface area contributed by atoms with Gasteiger partial charge < -0.3 is 0 Å². The van der Waals surface area contributed by atoms with Crippen LogP contribution in [0.25, 0.3) is 21.5 Å². The van der Waals surface area contributed by atoms with Crippen LogP contribution in [0.2, 0.25) is 0 Å². The van der Waals surface area contributed by atoms with Crippen molar-refractivity contribution >= 4 is 69.0 Å². The van der Waals surface area contributed by atoms with Crippen LogP contribution in [0, 0.1) is 0 Å². The molecule has 50 heavy (non-hydrogen) atoms. The molecule has 0 saturated heterocycles. The van der Waals surface area contributed by atoms with Crippen molar-refractivity contribution in [1.29, 1.82) is 0 Å². The van der Waals surface area contributed by atoms with E-state index in [0.29, 0.717) is 57.5 Å². The fraction of sp³-hybridized carbons (Fsp3) is 0.200. The van der Waals surface area contributed by atoms with Gasteiger partial charge in [0.05, 0.1) is 23.8 Å². The summed E-state index contributed by atoms with van der Waals surface area (Å²) in [5, 5.41) is 11.7. The number of carbonyl (C=O) groups excluding carboxylic acids is 4. The number of nitrogens with one attached hydrogen (secondary N) is 2. The Bertz CT molecular complexity index is 2040. The van der Waals surface area contributed by atoms with Crippen molar-refractivity contribution in [3.63, 3.8) is 0 Å². The zero-order chi connectivity index (χ0) is 34.8. The Morgan fingerprint density at radius 1 is 0.520 bits per heavy atom. The molecule has 2 heterocycles. The normalized spacial score (nSPS) is 14.2. The van der Waals surface area contributed by atoms with Crippen LogP contribution >= 0.6 is 0 Å². The number of hydrogen-bond donors (Lipinski definition) is 2. The molecule has 0 atom stereocenters. The molecule has 0 spiro atoms. The highest BCUT2D eigenvalue weighted by molar-refractivity contribution is 6.27. The molecular formula is C40H36N6O4. The number of imide groups is 2. The number of carbonyl (C=O) groups is 4. The Morgan fingerprint density at radius 3 is 1.28 bits per heavy atom. The van der Waals surface area contributed by atoms with Crippen molar-refractivity contribution < 1.29 is 19.2 Å². The van der Waals surface area contributed by atoms with Crippen LogP contribution in [0.5, 0.6) is 0 Å². The largest absolute Gasteiger partial charge is 0.278 e. The van der Waals surface area contributed by atoms with Crippen LogP contribution in [0.3, 0.4) is 0 Å². The summed E-state index contributed by atoms with van der Waals surface area (Å²) in [6.45, 7) is 4.88. The van der Waals surface area contributed by atoms with Gasteiger partial charge in [-0.2, -0.15) is 10.2 Å². The van der Waals surface area contributed by atoms with E-state index < -0.39 is 0 Å². The Kier molecular flexibility index (Phi) is 8.91.